The van der Waals surface area contributed by atoms with Gasteiger partial charge in [0, 0.05) is 6.54 Å². The van der Waals surface area contributed by atoms with Crippen molar-refractivity contribution in [1.29, 1.82) is 0 Å². The lowest BCUT2D eigenvalue weighted by Crippen LogP contribution is -2.38. The van der Waals surface area contributed by atoms with Crippen molar-refractivity contribution >= 4 is 10.0 Å². The molecule has 1 unspecified atom stereocenters. The van der Waals surface area contributed by atoms with Crippen LogP contribution in [0.1, 0.15) is 18.1 Å². The van der Waals surface area contributed by atoms with Crippen LogP contribution in [0.4, 0.5) is 4.39 Å². The van der Waals surface area contributed by atoms with E-state index in [1.165, 1.54) is 26.0 Å². The maximum atomic E-state index is 13.3. The molecule has 2 N–H and O–H groups in total. The zero-order valence-corrected chi connectivity index (χ0v) is 14.6. The molecule has 0 saturated carbocycles. The third kappa shape index (κ3) is 3.60. The Morgan fingerprint density at radius 2 is 1.92 bits per heavy atom. The molecule has 1 heterocycles. The van der Waals surface area contributed by atoms with Gasteiger partial charge < -0.3 is 14.6 Å². The zero-order valence-electron chi connectivity index (χ0n) is 13.7. The smallest absolute Gasteiger partial charge is 0.240 e. The Morgan fingerprint density at radius 1 is 1.20 bits per heavy atom. The average molecular weight is 367 g/mol. The quantitative estimate of drug-likeness (QED) is 0.845. The van der Waals surface area contributed by atoms with E-state index in [2.05, 4.69) is 4.72 Å². The SMILES string of the molecule is Cc1cc(S(=O)(=O)NCC(C)(O)c2ccc3c(c2)OCO3)ccc1F. The standard InChI is InChI=1S/C17H18FNO5S/c1-11-7-13(4-5-14(11)18)25(21,22)19-9-17(2,20)12-3-6-15-16(8-12)24-10-23-15/h3-8,19-20H,9-10H2,1-2H3. The highest BCUT2D eigenvalue weighted by Gasteiger charge is 2.28. The van der Waals surface area contributed by atoms with Gasteiger partial charge in [0.25, 0.3) is 0 Å². The van der Waals surface area contributed by atoms with Crippen molar-refractivity contribution in [2.75, 3.05) is 13.3 Å². The summed E-state index contributed by atoms with van der Waals surface area (Å²) in [4.78, 5) is -0.0621. The molecule has 0 bridgehead atoms. The lowest BCUT2D eigenvalue weighted by molar-refractivity contribution is 0.0625. The second-order valence-electron chi connectivity index (χ2n) is 6.08. The molecule has 0 spiro atoms. The summed E-state index contributed by atoms with van der Waals surface area (Å²) in [5.41, 5.74) is -0.761. The molecule has 1 aliphatic rings. The molecule has 1 atom stereocenters. The first-order chi connectivity index (χ1) is 11.7. The molecule has 0 aromatic heterocycles. The van der Waals surface area contributed by atoms with Crippen molar-refractivity contribution in [3.8, 4) is 11.5 Å². The first kappa shape index (κ1) is 17.7. The number of benzene rings is 2. The Kier molecular flexibility index (Phi) is 4.44. The number of fused-ring (bicyclic) bond motifs is 1. The maximum absolute atomic E-state index is 13.3. The summed E-state index contributed by atoms with van der Waals surface area (Å²) in [6.07, 6.45) is 0. The third-order valence-electron chi connectivity index (χ3n) is 4.04. The highest BCUT2D eigenvalue weighted by molar-refractivity contribution is 7.89. The van der Waals surface area contributed by atoms with Crippen LogP contribution < -0.4 is 14.2 Å². The van der Waals surface area contributed by atoms with Gasteiger partial charge in [-0.1, -0.05) is 6.07 Å². The van der Waals surface area contributed by atoms with Crippen molar-refractivity contribution in [3.05, 3.63) is 53.3 Å². The maximum Gasteiger partial charge on any atom is 0.240 e. The molecule has 0 fully saturated rings. The Hall–Kier alpha value is -2.16. The molecule has 6 nitrogen and oxygen atoms in total. The van der Waals surface area contributed by atoms with Gasteiger partial charge in [0.1, 0.15) is 11.4 Å². The van der Waals surface area contributed by atoms with Gasteiger partial charge in [0.2, 0.25) is 16.8 Å². The van der Waals surface area contributed by atoms with Crippen LogP contribution in [0, 0.1) is 12.7 Å². The summed E-state index contributed by atoms with van der Waals surface area (Å²) in [6.45, 7) is 2.82. The summed E-state index contributed by atoms with van der Waals surface area (Å²) in [7, 11) is -3.88. The van der Waals surface area contributed by atoms with E-state index >= 15 is 0 Å². The van der Waals surface area contributed by atoms with E-state index in [4.69, 9.17) is 9.47 Å². The number of aliphatic hydroxyl groups is 1. The van der Waals surface area contributed by atoms with E-state index in [0.29, 0.717) is 17.1 Å². The van der Waals surface area contributed by atoms with Crippen LogP contribution in [-0.2, 0) is 15.6 Å². The van der Waals surface area contributed by atoms with Crippen LogP contribution in [0.25, 0.3) is 0 Å². The Balaban J connectivity index is 1.78. The molecule has 2 aromatic rings. The molecule has 1 aliphatic heterocycles. The lowest BCUT2D eigenvalue weighted by atomic mass is 9.96. The predicted octanol–water partition coefficient (Wildman–Crippen LogP) is 2.05. The summed E-state index contributed by atoms with van der Waals surface area (Å²) < 4.78 is 50.9. The van der Waals surface area contributed by atoms with E-state index in [-0.39, 0.29) is 23.8 Å². The van der Waals surface area contributed by atoms with Gasteiger partial charge >= 0.3 is 0 Å². The first-order valence-electron chi connectivity index (χ1n) is 7.57. The number of halogens is 1. The van der Waals surface area contributed by atoms with Gasteiger partial charge in [-0.2, -0.15) is 0 Å². The minimum atomic E-state index is -3.88. The number of ether oxygens (including phenoxy) is 2. The fourth-order valence-corrected chi connectivity index (χ4v) is 3.65. The Bertz CT molecular complexity index is 911. The zero-order chi connectivity index (χ0) is 18.2. The van der Waals surface area contributed by atoms with Gasteiger partial charge in [0.05, 0.1) is 4.90 Å². The van der Waals surface area contributed by atoms with E-state index in [9.17, 15) is 17.9 Å². The molecule has 2 aromatic carbocycles. The number of aryl methyl sites for hydroxylation is 1. The Labute approximate surface area is 145 Å². The van der Waals surface area contributed by atoms with Gasteiger partial charge in [-0.25, -0.2) is 17.5 Å². The molecule has 0 amide bonds. The van der Waals surface area contributed by atoms with E-state index in [1.54, 1.807) is 18.2 Å². The van der Waals surface area contributed by atoms with Crippen LogP contribution >= 0.6 is 0 Å². The second kappa shape index (κ2) is 6.29. The molecular formula is C17H18FNO5S. The first-order valence-corrected chi connectivity index (χ1v) is 9.06. The van der Waals surface area contributed by atoms with Crippen LogP contribution in [-0.4, -0.2) is 26.9 Å². The van der Waals surface area contributed by atoms with E-state index in [1.807, 2.05) is 0 Å². The van der Waals surface area contributed by atoms with Crippen LogP contribution in [0.3, 0.4) is 0 Å². The van der Waals surface area contributed by atoms with Crippen molar-refractivity contribution in [2.45, 2.75) is 24.3 Å². The molecule has 134 valence electrons. The second-order valence-corrected chi connectivity index (χ2v) is 7.84. The number of hydrogen-bond acceptors (Lipinski definition) is 5. The van der Waals surface area contributed by atoms with Crippen LogP contribution in [0.5, 0.6) is 11.5 Å². The minimum absolute atomic E-state index is 0.0621. The highest BCUT2D eigenvalue weighted by Crippen LogP contribution is 2.35. The van der Waals surface area contributed by atoms with Crippen molar-refractivity contribution in [1.82, 2.24) is 4.72 Å². The number of sulfonamides is 1. The van der Waals surface area contributed by atoms with E-state index < -0.39 is 21.4 Å². The van der Waals surface area contributed by atoms with E-state index in [0.717, 1.165) is 6.07 Å². The summed E-state index contributed by atoms with van der Waals surface area (Å²) in [6, 6.07) is 8.43. The fraction of sp³-hybridized carbons (Fsp3) is 0.294. The largest absolute Gasteiger partial charge is 0.454 e. The van der Waals surface area contributed by atoms with Crippen LogP contribution in [0.2, 0.25) is 0 Å². The molecule has 0 aliphatic carbocycles. The van der Waals surface area contributed by atoms with Gasteiger partial charge in [0.15, 0.2) is 11.5 Å². The molecule has 0 saturated heterocycles. The topological polar surface area (TPSA) is 84.9 Å². The van der Waals surface area contributed by atoms with Crippen molar-refractivity contribution < 1.29 is 27.4 Å². The number of hydrogen-bond donors (Lipinski definition) is 2. The highest BCUT2D eigenvalue weighted by atomic mass is 32.2. The average Bonchev–Trinajstić information content (AvgIpc) is 3.03. The molecule has 0 radical (unpaired) electrons. The van der Waals surface area contributed by atoms with Gasteiger partial charge in [-0.05, 0) is 55.3 Å². The summed E-state index contributed by atoms with van der Waals surface area (Å²) in [5, 5.41) is 10.6. The van der Waals surface area contributed by atoms with Crippen molar-refractivity contribution in [3.63, 3.8) is 0 Å². The molecule has 3 rings (SSSR count). The van der Waals surface area contributed by atoms with Crippen molar-refractivity contribution in [2.24, 2.45) is 0 Å². The molecular weight excluding hydrogens is 349 g/mol. The van der Waals surface area contributed by atoms with Gasteiger partial charge in [-0.15, -0.1) is 0 Å². The summed E-state index contributed by atoms with van der Waals surface area (Å²) >= 11 is 0. The molecule has 25 heavy (non-hydrogen) atoms. The lowest BCUT2D eigenvalue weighted by Gasteiger charge is -2.24. The fourth-order valence-electron chi connectivity index (χ4n) is 2.44. The monoisotopic (exact) mass is 367 g/mol. The minimum Gasteiger partial charge on any atom is -0.454 e. The van der Waals surface area contributed by atoms with Crippen LogP contribution in [0.15, 0.2) is 41.3 Å². The normalized spacial score (nSPS) is 15.8. The van der Waals surface area contributed by atoms with Gasteiger partial charge in [-0.3, -0.25) is 0 Å². The molecule has 8 heteroatoms. The predicted molar refractivity (Wildman–Crippen MR) is 88.5 cm³/mol. The number of rotatable bonds is 5. The Morgan fingerprint density at radius 3 is 2.64 bits per heavy atom. The number of nitrogens with one attached hydrogen (secondary N) is 1. The third-order valence-corrected chi connectivity index (χ3v) is 5.44. The summed E-state index contributed by atoms with van der Waals surface area (Å²) in [5.74, 6) is 0.586.